The van der Waals surface area contributed by atoms with Crippen LogP contribution >= 0.6 is 0 Å². The van der Waals surface area contributed by atoms with Crippen molar-refractivity contribution >= 4 is 23.0 Å². The fourth-order valence-electron chi connectivity index (χ4n) is 2.61. The first-order chi connectivity index (χ1) is 13.6. The lowest BCUT2D eigenvalue weighted by Crippen LogP contribution is -2.30. The summed E-state index contributed by atoms with van der Waals surface area (Å²) in [6.07, 6.45) is 0.987. The maximum Gasteiger partial charge on any atom is 0.135 e. The predicted octanol–water partition coefficient (Wildman–Crippen LogP) is 3.27. The van der Waals surface area contributed by atoms with Gasteiger partial charge >= 0.3 is 0 Å². The Labute approximate surface area is 165 Å². The highest BCUT2D eigenvalue weighted by Gasteiger charge is 2.07. The molecule has 0 saturated heterocycles. The average Bonchev–Trinajstić information content (AvgIpc) is 2.68. The van der Waals surface area contributed by atoms with E-state index in [-0.39, 0.29) is 6.61 Å². The minimum atomic E-state index is -0.524. The van der Waals surface area contributed by atoms with Gasteiger partial charge in [-0.2, -0.15) is 0 Å². The van der Waals surface area contributed by atoms with E-state index in [1.165, 1.54) is 6.33 Å². The number of nitrogens with one attached hydrogen (secondary N) is 2. The maximum absolute atomic E-state index is 9.86. The molecule has 0 bridgehead atoms. The lowest BCUT2D eigenvalue weighted by atomic mass is 10.3. The Kier molecular flexibility index (Phi) is 6.78. The number of benzene rings is 2. The van der Waals surface area contributed by atoms with Crippen molar-refractivity contribution in [3.63, 3.8) is 0 Å². The first kappa shape index (κ1) is 19.6. The molecule has 2 aromatic carbocycles. The van der Waals surface area contributed by atoms with Crippen LogP contribution in [0, 0.1) is 0 Å². The number of rotatable bonds is 9. The zero-order chi connectivity index (χ0) is 19.8. The molecule has 1 heterocycles. The normalized spacial score (nSPS) is 11.9. The monoisotopic (exact) mass is 379 g/mol. The van der Waals surface area contributed by atoms with Crippen LogP contribution in [0.3, 0.4) is 0 Å². The van der Waals surface area contributed by atoms with Crippen LogP contribution in [0.2, 0.25) is 0 Å². The lowest BCUT2D eigenvalue weighted by Gasteiger charge is -2.16. The van der Waals surface area contributed by atoms with E-state index in [1.807, 2.05) is 79.7 Å². The third-order valence-corrected chi connectivity index (χ3v) is 3.86. The van der Waals surface area contributed by atoms with Crippen LogP contribution in [0.4, 0.5) is 23.0 Å². The Morgan fingerprint density at radius 3 is 2.14 bits per heavy atom. The SMILES string of the molecule is CN(C)CC(O)COc1ccc(Nc2cc(Nc3ccccc3)ncn2)cc1. The number of anilines is 4. The van der Waals surface area contributed by atoms with E-state index in [2.05, 4.69) is 20.6 Å². The highest BCUT2D eigenvalue weighted by molar-refractivity contribution is 5.63. The summed E-state index contributed by atoms with van der Waals surface area (Å²) in [5, 5.41) is 16.4. The molecule has 3 N–H and O–H groups in total. The smallest absolute Gasteiger partial charge is 0.135 e. The molecule has 3 aromatic rings. The van der Waals surface area contributed by atoms with E-state index in [0.29, 0.717) is 23.9 Å². The first-order valence-corrected chi connectivity index (χ1v) is 9.05. The van der Waals surface area contributed by atoms with Crippen molar-refractivity contribution in [2.45, 2.75) is 6.10 Å². The van der Waals surface area contributed by atoms with Crippen molar-refractivity contribution in [2.24, 2.45) is 0 Å². The molecule has 0 spiro atoms. The van der Waals surface area contributed by atoms with Crippen LogP contribution in [0.15, 0.2) is 67.0 Å². The summed E-state index contributed by atoms with van der Waals surface area (Å²) < 4.78 is 5.62. The minimum Gasteiger partial charge on any atom is -0.491 e. The average molecular weight is 379 g/mol. The van der Waals surface area contributed by atoms with Gasteiger partial charge in [0.1, 0.15) is 36.4 Å². The van der Waals surface area contributed by atoms with Gasteiger partial charge in [0.05, 0.1) is 0 Å². The standard InChI is InChI=1S/C21H25N5O2/c1-26(2)13-18(27)14-28-19-10-8-17(9-11-19)25-21-12-20(22-15-23-21)24-16-6-4-3-5-7-16/h3-12,15,18,27H,13-14H2,1-2H3,(H2,22,23,24,25). The van der Waals surface area contributed by atoms with Gasteiger partial charge in [-0.1, -0.05) is 18.2 Å². The maximum atomic E-state index is 9.86. The molecule has 7 nitrogen and oxygen atoms in total. The molecule has 0 aliphatic rings. The van der Waals surface area contributed by atoms with Crippen molar-refractivity contribution < 1.29 is 9.84 Å². The minimum absolute atomic E-state index is 0.255. The fourth-order valence-corrected chi connectivity index (χ4v) is 2.61. The quantitative estimate of drug-likeness (QED) is 0.526. The Hall–Kier alpha value is -3.16. The van der Waals surface area contributed by atoms with Crippen molar-refractivity contribution in [1.82, 2.24) is 14.9 Å². The van der Waals surface area contributed by atoms with E-state index < -0.39 is 6.10 Å². The second kappa shape index (κ2) is 9.68. The Balaban J connectivity index is 1.56. The summed E-state index contributed by atoms with van der Waals surface area (Å²) >= 11 is 0. The van der Waals surface area contributed by atoms with E-state index in [9.17, 15) is 5.11 Å². The molecule has 1 aromatic heterocycles. The number of nitrogens with zero attached hydrogens (tertiary/aromatic N) is 3. The number of aliphatic hydroxyl groups is 1. The summed E-state index contributed by atoms with van der Waals surface area (Å²) in [5.74, 6) is 2.10. The zero-order valence-electron chi connectivity index (χ0n) is 16.0. The third kappa shape index (κ3) is 6.22. The van der Waals surface area contributed by atoms with E-state index in [1.54, 1.807) is 0 Å². The zero-order valence-corrected chi connectivity index (χ0v) is 16.0. The summed E-state index contributed by atoms with van der Waals surface area (Å²) in [5.41, 5.74) is 1.84. The summed E-state index contributed by atoms with van der Waals surface area (Å²) in [6, 6.07) is 19.2. The Bertz CT molecular complexity index is 856. The Morgan fingerprint density at radius 2 is 1.54 bits per heavy atom. The summed E-state index contributed by atoms with van der Waals surface area (Å²) in [4.78, 5) is 10.4. The molecule has 3 rings (SSSR count). The molecule has 1 atom stereocenters. The van der Waals surface area contributed by atoms with E-state index in [4.69, 9.17) is 4.74 Å². The third-order valence-electron chi connectivity index (χ3n) is 3.86. The Morgan fingerprint density at radius 1 is 0.929 bits per heavy atom. The molecule has 0 fully saturated rings. The molecule has 1 unspecified atom stereocenters. The van der Waals surface area contributed by atoms with E-state index >= 15 is 0 Å². The van der Waals surface area contributed by atoms with Gasteiger partial charge in [0, 0.05) is 24.0 Å². The summed E-state index contributed by atoms with van der Waals surface area (Å²) in [6.45, 7) is 0.818. The molecular weight excluding hydrogens is 354 g/mol. The number of ether oxygens (including phenoxy) is 1. The number of hydrogen-bond acceptors (Lipinski definition) is 7. The van der Waals surface area contributed by atoms with Crippen molar-refractivity contribution in [3.8, 4) is 5.75 Å². The number of aromatic nitrogens is 2. The molecule has 28 heavy (non-hydrogen) atoms. The highest BCUT2D eigenvalue weighted by atomic mass is 16.5. The van der Waals surface area contributed by atoms with Gasteiger partial charge in [-0.05, 0) is 50.5 Å². The van der Waals surface area contributed by atoms with Gasteiger partial charge in [-0.3, -0.25) is 0 Å². The number of likely N-dealkylation sites (N-methyl/N-ethyl adjacent to an activating group) is 1. The number of aliphatic hydroxyl groups excluding tert-OH is 1. The molecular formula is C21H25N5O2. The molecule has 0 aliphatic heterocycles. The molecule has 0 radical (unpaired) electrons. The van der Waals surface area contributed by atoms with Gasteiger partial charge < -0.3 is 25.4 Å². The lowest BCUT2D eigenvalue weighted by molar-refractivity contribution is 0.0831. The van der Waals surface area contributed by atoms with Crippen LogP contribution in [0.1, 0.15) is 0 Å². The van der Waals surface area contributed by atoms with Gasteiger partial charge in [0.25, 0.3) is 0 Å². The molecule has 7 heteroatoms. The number of hydrogen-bond donors (Lipinski definition) is 3. The van der Waals surface area contributed by atoms with E-state index in [0.717, 1.165) is 11.4 Å². The van der Waals surface area contributed by atoms with Crippen LogP contribution in [-0.2, 0) is 0 Å². The molecule has 146 valence electrons. The van der Waals surface area contributed by atoms with Crippen molar-refractivity contribution in [3.05, 3.63) is 67.0 Å². The molecule has 0 aliphatic carbocycles. The van der Waals surface area contributed by atoms with Gasteiger partial charge in [0.15, 0.2) is 0 Å². The summed E-state index contributed by atoms with van der Waals surface area (Å²) in [7, 11) is 3.83. The molecule has 0 saturated carbocycles. The predicted molar refractivity (Wildman–Crippen MR) is 112 cm³/mol. The van der Waals surface area contributed by atoms with Crippen molar-refractivity contribution in [2.75, 3.05) is 37.9 Å². The topological polar surface area (TPSA) is 82.5 Å². The van der Waals surface area contributed by atoms with Gasteiger partial charge in [-0.25, -0.2) is 9.97 Å². The van der Waals surface area contributed by atoms with Gasteiger partial charge in [-0.15, -0.1) is 0 Å². The van der Waals surface area contributed by atoms with Gasteiger partial charge in [0.2, 0.25) is 0 Å². The van der Waals surface area contributed by atoms with Crippen LogP contribution in [-0.4, -0.2) is 53.3 Å². The van der Waals surface area contributed by atoms with Crippen LogP contribution in [0.5, 0.6) is 5.75 Å². The second-order valence-corrected chi connectivity index (χ2v) is 6.66. The fraction of sp³-hybridized carbons (Fsp3) is 0.238. The second-order valence-electron chi connectivity index (χ2n) is 6.66. The molecule has 0 amide bonds. The highest BCUT2D eigenvalue weighted by Crippen LogP contribution is 2.21. The van der Waals surface area contributed by atoms with Crippen LogP contribution in [0.25, 0.3) is 0 Å². The van der Waals surface area contributed by atoms with Crippen molar-refractivity contribution in [1.29, 1.82) is 0 Å². The first-order valence-electron chi connectivity index (χ1n) is 9.05. The number of para-hydroxylation sites is 1. The largest absolute Gasteiger partial charge is 0.491 e. The van der Waals surface area contributed by atoms with Crippen LogP contribution < -0.4 is 15.4 Å².